The first kappa shape index (κ1) is 15.1. The van der Waals surface area contributed by atoms with Crippen molar-refractivity contribution < 1.29 is 4.74 Å². The number of fused-ring (bicyclic) bond motifs is 1. The maximum atomic E-state index is 5.56. The number of anilines is 1. The fraction of sp³-hybridized carbons (Fsp3) is 0.500. The molecule has 0 radical (unpaired) electrons. The SMILES string of the molecule is c1cc2c(cc1CNCC1CN(c3ccc(C4CC4)nn3)C1)CCO2. The van der Waals surface area contributed by atoms with E-state index < -0.39 is 0 Å². The molecule has 25 heavy (non-hydrogen) atoms. The van der Waals surface area contributed by atoms with Crippen LogP contribution in [0.1, 0.15) is 35.6 Å². The van der Waals surface area contributed by atoms with Gasteiger partial charge in [0.15, 0.2) is 5.82 Å². The number of nitrogens with zero attached hydrogens (tertiary/aromatic N) is 3. The molecule has 5 nitrogen and oxygen atoms in total. The van der Waals surface area contributed by atoms with E-state index in [0.29, 0.717) is 11.8 Å². The van der Waals surface area contributed by atoms with Crippen LogP contribution in [0, 0.1) is 5.92 Å². The molecule has 130 valence electrons. The molecule has 5 heteroatoms. The van der Waals surface area contributed by atoms with Gasteiger partial charge in [-0.3, -0.25) is 0 Å². The van der Waals surface area contributed by atoms with Crippen molar-refractivity contribution in [1.82, 2.24) is 15.5 Å². The number of rotatable bonds is 6. The summed E-state index contributed by atoms with van der Waals surface area (Å²) < 4.78 is 5.56. The first-order valence-electron chi connectivity index (χ1n) is 9.39. The summed E-state index contributed by atoms with van der Waals surface area (Å²) in [5.74, 6) is 3.47. The fourth-order valence-corrected chi connectivity index (χ4v) is 3.76. The Labute approximate surface area is 148 Å². The lowest BCUT2D eigenvalue weighted by atomic mass is 10.00. The summed E-state index contributed by atoms with van der Waals surface area (Å²) in [5, 5.41) is 12.4. The zero-order valence-corrected chi connectivity index (χ0v) is 14.4. The third-order valence-corrected chi connectivity index (χ3v) is 5.46. The van der Waals surface area contributed by atoms with Gasteiger partial charge in [-0.05, 0) is 42.2 Å². The molecule has 0 atom stereocenters. The number of hydrogen-bond acceptors (Lipinski definition) is 5. The van der Waals surface area contributed by atoms with Gasteiger partial charge in [0.1, 0.15) is 5.75 Å². The molecule has 0 bridgehead atoms. The Bertz CT molecular complexity index is 751. The maximum Gasteiger partial charge on any atom is 0.151 e. The van der Waals surface area contributed by atoms with E-state index in [4.69, 9.17) is 4.74 Å². The summed E-state index contributed by atoms with van der Waals surface area (Å²) in [6, 6.07) is 10.8. The summed E-state index contributed by atoms with van der Waals surface area (Å²) in [6.07, 6.45) is 3.60. The van der Waals surface area contributed by atoms with Gasteiger partial charge in [-0.15, -0.1) is 5.10 Å². The monoisotopic (exact) mass is 336 g/mol. The van der Waals surface area contributed by atoms with Gasteiger partial charge in [-0.2, -0.15) is 5.10 Å². The second-order valence-corrected chi connectivity index (χ2v) is 7.53. The molecule has 1 aromatic heterocycles. The van der Waals surface area contributed by atoms with Crippen LogP contribution < -0.4 is 15.0 Å². The number of ether oxygens (including phenoxy) is 1. The Kier molecular flexibility index (Phi) is 3.82. The van der Waals surface area contributed by atoms with E-state index in [9.17, 15) is 0 Å². The van der Waals surface area contributed by atoms with E-state index in [2.05, 4.69) is 50.7 Å². The van der Waals surface area contributed by atoms with Crippen molar-refractivity contribution in [3.63, 3.8) is 0 Å². The molecule has 1 saturated heterocycles. The normalized spacial score (nSPS) is 19.4. The minimum atomic E-state index is 0.681. The highest BCUT2D eigenvalue weighted by Gasteiger charge is 2.29. The topological polar surface area (TPSA) is 50.3 Å². The predicted octanol–water partition coefficient (Wildman–Crippen LogP) is 2.51. The molecule has 1 aliphatic carbocycles. The second-order valence-electron chi connectivity index (χ2n) is 7.53. The van der Waals surface area contributed by atoms with E-state index in [0.717, 1.165) is 50.8 Å². The number of benzene rings is 1. The van der Waals surface area contributed by atoms with Crippen molar-refractivity contribution in [2.24, 2.45) is 5.92 Å². The zero-order valence-electron chi connectivity index (χ0n) is 14.4. The molecule has 5 rings (SSSR count). The van der Waals surface area contributed by atoms with Crippen LogP contribution in [-0.2, 0) is 13.0 Å². The van der Waals surface area contributed by atoms with Gasteiger partial charge in [-0.25, -0.2) is 0 Å². The van der Waals surface area contributed by atoms with Crippen LogP contribution in [0.5, 0.6) is 5.75 Å². The van der Waals surface area contributed by atoms with E-state index in [1.807, 2.05) is 0 Å². The molecule has 1 N–H and O–H groups in total. The third kappa shape index (κ3) is 3.21. The van der Waals surface area contributed by atoms with Gasteiger partial charge in [0, 0.05) is 44.4 Å². The van der Waals surface area contributed by atoms with Crippen LogP contribution in [0.3, 0.4) is 0 Å². The van der Waals surface area contributed by atoms with Crippen LogP contribution >= 0.6 is 0 Å². The largest absolute Gasteiger partial charge is 0.493 e. The summed E-state index contributed by atoms with van der Waals surface area (Å²) in [6.45, 7) is 4.96. The molecule has 0 spiro atoms. The second kappa shape index (κ2) is 6.30. The van der Waals surface area contributed by atoms with Gasteiger partial charge in [0.25, 0.3) is 0 Å². The lowest BCUT2D eigenvalue weighted by Crippen LogP contribution is -2.51. The number of nitrogens with one attached hydrogen (secondary N) is 1. The van der Waals surface area contributed by atoms with E-state index in [1.54, 1.807) is 0 Å². The average molecular weight is 336 g/mol. The zero-order chi connectivity index (χ0) is 16.6. The minimum absolute atomic E-state index is 0.681. The van der Waals surface area contributed by atoms with Crippen molar-refractivity contribution in [3.05, 3.63) is 47.2 Å². The summed E-state index contributed by atoms with van der Waals surface area (Å²) in [4.78, 5) is 2.32. The summed E-state index contributed by atoms with van der Waals surface area (Å²) in [7, 11) is 0. The fourth-order valence-electron chi connectivity index (χ4n) is 3.76. The Hall–Kier alpha value is -2.14. The van der Waals surface area contributed by atoms with Crippen molar-refractivity contribution in [1.29, 1.82) is 0 Å². The summed E-state index contributed by atoms with van der Waals surface area (Å²) >= 11 is 0. The molecule has 1 saturated carbocycles. The van der Waals surface area contributed by atoms with Crippen LogP contribution in [0.25, 0.3) is 0 Å². The molecule has 2 aliphatic heterocycles. The highest BCUT2D eigenvalue weighted by Crippen LogP contribution is 2.39. The van der Waals surface area contributed by atoms with Crippen LogP contribution in [0.2, 0.25) is 0 Å². The van der Waals surface area contributed by atoms with Crippen LogP contribution in [0.15, 0.2) is 30.3 Å². The molecule has 3 heterocycles. The summed E-state index contributed by atoms with van der Waals surface area (Å²) in [5.41, 5.74) is 3.87. The van der Waals surface area contributed by atoms with Gasteiger partial charge in [0.05, 0.1) is 12.3 Å². The van der Waals surface area contributed by atoms with Gasteiger partial charge in [0.2, 0.25) is 0 Å². The first-order chi connectivity index (χ1) is 12.3. The molecule has 2 aromatic rings. The molecule has 0 unspecified atom stereocenters. The first-order valence-corrected chi connectivity index (χ1v) is 9.39. The molecular weight excluding hydrogens is 312 g/mol. The Morgan fingerprint density at radius 2 is 2.04 bits per heavy atom. The number of hydrogen-bond donors (Lipinski definition) is 1. The smallest absolute Gasteiger partial charge is 0.151 e. The number of aromatic nitrogens is 2. The highest BCUT2D eigenvalue weighted by atomic mass is 16.5. The molecule has 2 fully saturated rings. The van der Waals surface area contributed by atoms with Crippen molar-refractivity contribution in [2.45, 2.75) is 31.7 Å². The van der Waals surface area contributed by atoms with E-state index >= 15 is 0 Å². The van der Waals surface area contributed by atoms with Crippen LogP contribution in [-0.4, -0.2) is 36.4 Å². The molecule has 1 aromatic carbocycles. The Morgan fingerprint density at radius 3 is 2.84 bits per heavy atom. The van der Waals surface area contributed by atoms with Crippen molar-refractivity contribution in [2.75, 3.05) is 31.1 Å². The minimum Gasteiger partial charge on any atom is -0.493 e. The quantitative estimate of drug-likeness (QED) is 0.878. The van der Waals surface area contributed by atoms with Crippen molar-refractivity contribution in [3.8, 4) is 5.75 Å². The van der Waals surface area contributed by atoms with E-state index in [1.165, 1.54) is 29.7 Å². The van der Waals surface area contributed by atoms with Gasteiger partial charge >= 0.3 is 0 Å². The molecular formula is C20H24N4O. The molecule has 3 aliphatic rings. The lowest BCUT2D eigenvalue weighted by Gasteiger charge is -2.40. The lowest BCUT2D eigenvalue weighted by molar-refractivity contribution is 0.356. The van der Waals surface area contributed by atoms with Gasteiger partial charge in [-0.1, -0.05) is 12.1 Å². The average Bonchev–Trinajstić information content (AvgIpc) is 3.35. The third-order valence-electron chi connectivity index (χ3n) is 5.46. The Morgan fingerprint density at radius 1 is 1.12 bits per heavy atom. The Balaban J connectivity index is 1.07. The van der Waals surface area contributed by atoms with Crippen LogP contribution in [0.4, 0.5) is 5.82 Å². The van der Waals surface area contributed by atoms with Gasteiger partial charge < -0.3 is 15.0 Å². The highest BCUT2D eigenvalue weighted by molar-refractivity contribution is 5.41. The predicted molar refractivity (Wildman–Crippen MR) is 97.1 cm³/mol. The van der Waals surface area contributed by atoms with Crippen molar-refractivity contribution >= 4 is 5.82 Å². The maximum absolute atomic E-state index is 5.56. The molecule has 0 amide bonds. The standard InChI is InChI=1S/C20H24N4O/c1-5-19-17(7-8-25-19)9-14(1)10-21-11-15-12-24(13-15)20-6-4-18(22-23-20)16-2-3-16/h1,4-6,9,15-16,21H,2-3,7-8,10-13H2. The van der Waals surface area contributed by atoms with E-state index in [-0.39, 0.29) is 0 Å².